The van der Waals surface area contributed by atoms with E-state index >= 15 is 0 Å². The molecule has 4 nitrogen and oxygen atoms in total. The molecule has 4 rings (SSSR count). The summed E-state index contributed by atoms with van der Waals surface area (Å²) in [4.78, 5) is 0. The van der Waals surface area contributed by atoms with E-state index in [0.717, 1.165) is 12.1 Å². The van der Waals surface area contributed by atoms with Crippen molar-refractivity contribution in [2.24, 2.45) is 0 Å². The maximum absolute atomic E-state index is 13.5. The number of thioether (sulfide) groups is 1. The fourth-order valence-electron chi connectivity index (χ4n) is 2.65. The Kier molecular flexibility index (Phi) is 4.76. The average molecular weight is 404 g/mol. The van der Waals surface area contributed by atoms with Crippen LogP contribution in [0.2, 0.25) is 0 Å². The van der Waals surface area contributed by atoms with Crippen LogP contribution in [0.25, 0.3) is 17.0 Å². The zero-order valence-electron chi connectivity index (χ0n) is 14.2. The monoisotopic (exact) mass is 404 g/mol. The third-order valence-electron chi connectivity index (χ3n) is 3.96. The third-order valence-corrected chi connectivity index (χ3v) is 4.95. The highest BCUT2D eigenvalue weighted by atomic mass is 32.2. The first-order valence-corrected chi connectivity index (χ1v) is 9.16. The van der Waals surface area contributed by atoms with Crippen LogP contribution in [0.4, 0.5) is 17.6 Å². The number of aromatic nitrogens is 4. The number of fused-ring (bicyclic) bond motifs is 1. The summed E-state index contributed by atoms with van der Waals surface area (Å²) in [5, 5.41) is 13.1. The Morgan fingerprint density at radius 3 is 2.54 bits per heavy atom. The molecular weight excluding hydrogens is 392 g/mol. The smallest absolute Gasteiger partial charge is 0.207 e. The Balaban J connectivity index is 1.59. The van der Waals surface area contributed by atoms with Crippen LogP contribution in [0.3, 0.4) is 0 Å². The van der Waals surface area contributed by atoms with Crippen molar-refractivity contribution in [3.63, 3.8) is 0 Å². The number of benzene rings is 2. The topological polar surface area (TPSA) is 43.1 Å². The number of halogens is 4. The van der Waals surface area contributed by atoms with Crippen molar-refractivity contribution in [3.05, 3.63) is 77.6 Å². The van der Waals surface area contributed by atoms with E-state index in [1.54, 1.807) is 30.3 Å². The summed E-state index contributed by atoms with van der Waals surface area (Å²) in [5.74, 6) is 0.306. The van der Waals surface area contributed by atoms with Crippen molar-refractivity contribution in [2.45, 2.75) is 17.0 Å². The molecule has 9 heteroatoms. The molecular formula is C19H12F4N4S. The van der Waals surface area contributed by atoms with Crippen molar-refractivity contribution in [2.75, 3.05) is 0 Å². The molecule has 0 saturated heterocycles. The Bertz CT molecular complexity index is 1140. The minimum absolute atomic E-state index is 0.319. The lowest BCUT2D eigenvalue weighted by atomic mass is 10.1. The molecule has 0 amide bonds. The molecule has 0 aliphatic heterocycles. The molecule has 4 aromatic rings. The molecule has 0 saturated carbocycles. The van der Waals surface area contributed by atoms with Gasteiger partial charge in [0.25, 0.3) is 0 Å². The van der Waals surface area contributed by atoms with E-state index < -0.39 is 17.6 Å². The molecule has 2 aromatic carbocycles. The average Bonchev–Trinajstić information content (AvgIpc) is 3.09. The van der Waals surface area contributed by atoms with Crippen LogP contribution >= 0.6 is 11.8 Å². The predicted molar refractivity (Wildman–Crippen MR) is 97.2 cm³/mol. The van der Waals surface area contributed by atoms with Crippen molar-refractivity contribution in [3.8, 4) is 11.4 Å². The van der Waals surface area contributed by atoms with E-state index in [1.165, 1.54) is 34.5 Å². The van der Waals surface area contributed by atoms with E-state index in [4.69, 9.17) is 0 Å². The molecule has 2 aromatic heterocycles. The van der Waals surface area contributed by atoms with Crippen LogP contribution in [0, 0.1) is 5.82 Å². The van der Waals surface area contributed by atoms with Gasteiger partial charge in [0.2, 0.25) is 0 Å². The summed E-state index contributed by atoms with van der Waals surface area (Å²) in [5.41, 5.74) is 0.875. The van der Waals surface area contributed by atoms with Crippen LogP contribution in [0.5, 0.6) is 0 Å². The lowest BCUT2D eigenvalue weighted by molar-refractivity contribution is -0.137. The highest BCUT2D eigenvalue weighted by Crippen LogP contribution is 2.31. The zero-order valence-corrected chi connectivity index (χ0v) is 15.0. The molecule has 0 fully saturated rings. The van der Waals surface area contributed by atoms with E-state index in [9.17, 15) is 17.6 Å². The fourth-order valence-corrected chi connectivity index (χ4v) is 3.45. The SMILES string of the molecule is Fc1cccc(-c2nnc3ccc(SCc4cccc(C(F)(F)F)c4)nn23)c1. The molecule has 0 aliphatic rings. The summed E-state index contributed by atoms with van der Waals surface area (Å²) >= 11 is 1.29. The minimum atomic E-state index is -4.37. The van der Waals surface area contributed by atoms with Gasteiger partial charge in [0.05, 0.1) is 5.56 Å². The van der Waals surface area contributed by atoms with E-state index in [-0.39, 0.29) is 0 Å². The Morgan fingerprint density at radius 1 is 0.929 bits per heavy atom. The van der Waals surface area contributed by atoms with E-state index in [1.807, 2.05) is 0 Å². The normalized spacial score (nSPS) is 11.9. The fraction of sp³-hybridized carbons (Fsp3) is 0.105. The van der Waals surface area contributed by atoms with Crippen molar-refractivity contribution in [1.29, 1.82) is 0 Å². The summed E-state index contributed by atoms with van der Waals surface area (Å²) < 4.78 is 53.5. The largest absolute Gasteiger partial charge is 0.416 e. The Morgan fingerprint density at radius 2 is 1.75 bits per heavy atom. The molecule has 0 N–H and O–H groups in total. The van der Waals surface area contributed by atoms with Crippen LogP contribution in [0.15, 0.2) is 65.7 Å². The van der Waals surface area contributed by atoms with Gasteiger partial charge in [0.1, 0.15) is 10.8 Å². The summed E-state index contributed by atoms with van der Waals surface area (Å²) in [7, 11) is 0. The molecule has 142 valence electrons. The molecule has 28 heavy (non-hydrogen) atoms. The second-order valence-corrected chi connectivity index (χ2v) is 6.96. The molecule has 0 aliphatic carbocycles. The van der Waals surface area contributed by atoms with Gasteiger partial charge >= 0.3 is 6.18 Å². The van der Waals surface area contributed by atoms with Gasteiger partial charge in [0.15, 0.2) is 11.5 Å². The first-order valence-electron chi connectivity index (χ1n) is 8.17. The van der Waals surface area contributed by atoms with Crippen LogP contribution in [-0.4, -0.2) is 19.8 Å². The van der Waals surface area contributed by atoms with Crippen LogP contribution in [-0.2, 0) is 11.9 Å². The molecule has 0 bridgehead atoms. The van der Waals surface area contributed by atoms with Crippen LogP contribution in [0.1, 0.15) is 11.1 Å². The second-order valence-electron chi connectivity index (χ2n) is 5.96. The quantitative estimate of drug-likeness (QED) is 0.345. The predicted octanol–water partition coefficient (Wildman–Crippen LogP) is 5.24. The summed E-state index contributed by atoms with van der Waals surface area (Å²) in [6.07, 6.45) is -4.37. The molecule has 2 heterocycles. The molecule has 0 unspecified atom stereocenters. The van der Waals surface area contributed by atoms with Gasteiger partial charge in [0, 0.05) is 11.3 Å². The van der Waals surface area contributed by atoms with Crippen molar-refractivity contribution >= 4 is 17.4 Å². The first-order chi connectivity index (χ1) is 13.4. The third kappa shape index (κ3) is 3.84. The standard InChI is InChI=1S/C19H12F4N4S/c20-15-6-2-4-13(10-15)18-25-24-16-7-8-17(26-27(16)18)28-11-12-3-1-5-14(9-12)19(21,22)23/h1-10H,11H2. The number of hydrogen-bond acceptors (Lipinski definition) is 4. The van der Waals surface area contributed by atoms with Gasteiger partial charge in [-0.15, -0.1) is 10.2 Å². The molecule has 0 spiro atoms. The summed E-state index contributed by atoms with van der Waals surface area (Å²) in [6.45, 7) is 0. The van der Waals surface area contributed by atoms with Gasteiger partial charge in [-0.1, -0.05) is 42.1 Å². The van der Waals surface area contributed by atoms with Gasteiger partial charge in [-0.2, -0.15) is 22.8 Å². The van der Waals surface area contributed by atoms with Crippen LogP contribution < -0.4 is 0 Å². The lowest BCUT2D eigenvalue weighted by Gasteiger charge is -2.08. The molecule has 0 atom stereocenters. The maximum Gasteiger partial charge on any atom is 0.416 e. The second kappa shape index (κ2) is 7.23. The summed E-state index contributed by atoms with van der Waals surface area (Å²) in [6, 6.07) is 14.5. The number of hydrogen-bond donors (Lipinski definition) is 0. The lowest BCUT2D eigenvalue weighted by Crippen LogP contribution is -2.05. The molecule has 0 radical (unpaired) electrons. The van der Waals surface area contributed by atoms with Gasteiger partial charge in [-0.25, -0.2) is 4.39 Å². The number of nitrogens with zero attached hydrogens (tertiary/aromatic N) is 4. The highest BCUT2D eigenvalue weighted by Gasteiger charge is 2.30. The number of alkyl halides is 3. The Hall–Kier alpha value is -2.94. The van der Waals surface area contributed by atoms with Crippen molar-refractivity contribution in [1.82, 2.24) is 19.8 Å². The van der Waals surface area contributed by atoms with E-state index in [0.29, 0.717) is 33.4 Å². The van der Waals surface area contributed by atoms with Gasteiger partial charge in [-0.3, -0.25) is 0 Å². The Labute approximate surface area is 161 Å². The maximum atomic E-state index is 13.5. The number of rotatable bonds is 4. The van der Waals surface area contributed by atoms with Crippen molar-refractivity contribution < 1.29 is 17.6 Å². The zero-order chi connectivity index (χ0) is 19.7. The minimum Gasteiger partial charge on any atom is -0.207 e. The van der Waals surface area contributed by atoms with Gasteiger partial charge in [-0.05, 0) is 35.9 Å². The first kappa shape index (κ1) is 18.4. The van der Waals surface area contributed by atoms with E-state index in [2.05, 4.69) is 15.3 Å². The highest BCUT2D eigenvalue weighted by molar-refractivity contribution is 7.98. The van der Waals surface area contributed by atoms with Gasteiger partial charge < -0.3 is 0 Å².